The van der Waals surface area contributed by atoms with Crippen LogP contribution in [0.4, 0.5) is 4.79 Å². The fourth-order valence-corrected chi connectivity index (χ4v) is 4.42. The molecular weight excluding hydrogens is 418 g/mol. The summed E-state index contributed by atoms with van der Waals surface area (Å²) < 4.78 is 0. The number of nitrogens with one attached hydrogen (secondary N) is 1. The van der Waals surface area contributed by atoms with Crippen molar-refractivity contribution >= 4 is 37.8 Å². The molecule has 0 aliphatic carbocycles. The first-order chi connectivity index (χ1) is 16.2. The van der Waals surface area contributed by atoms with Crippen molar-refractivity contribution in [3.8, 4) is 11.1 Å². The molecule has 0 saturated heterocycles. The molecule has 6 heteroatoms. The van der Waals surface area contributed by atoms with Crippen LogP contribution in [0.1, 0.15) is 58.1 Å². The van der Waals surface area contributed by atoms with Crippen LogP contribution in [0.25, 0.3) is 11.1 Å². The first kappa shape index (κ1) is 25.6. The molecule has 2 aromatic rings. The van der Waals surface area contributed by atoms with Gasteiger partial charge in [0.05, 0.1) is 5.92 Å². The van der Waals surface area contributed by atoms with E-state index in [1.807, 2.05) is 55.5 Å². The lowest BCUT2D eigenvalue weighted by molar-refractivity contribution is -0.117. The molecule has 1 aliphatic rings. The highest BCUT2D eigenvalue weighted by atomic mass is 16.1. The molecule has 171 valence electrons. The second-order valence-electron chi connectivity index (χ2n) is 9.19. The minimum atomic E-state index is -0.642. The molecule has 0 aromatic heterocycles. The van der Waals surface area contributed by atoms with E-state index in [1.54, 1.807) is 0 Å². The van der Waals surface area contributed by atoms with Crippen molar-refractivity contribution in [3.05, 3.63) is 70.9 Å². The molecule has 0 saturated carbocycles. The highest BCUT2D eigenvalue weighted by Gasteiger charge is 2.31. The van der Waals surface area contributed by atoms with Crippen molar-refractivity contribution in [1.29, 1.82) is 5.41 Å². The summed E-state index contributed by atoms with van der Waals surface area (Å²) in [5.41, 5.74) is 5.68. The van der Waals surface area contributed by atoms with E-state index in [4.69, 9.17) is 18.2 Å². The second kappa shape index (κ2) is 11.4. The number of Topliss-reactive ketones (excluding diaryl/α,β-unsaturated/α-hetero) is 1. The fraction of sp³-hybridized carbons (Fsp3) is 0.357. The average molecular weight is 449 g/mol. The van der Waals surface area contributed by atoms with Gasteiger partial charge >= 0.3 is 0 Å². The maximum atomic E-state index is 13.3. The van der Waals surface area contributed by atoms with Gasteiger partial charge in [-0.1, -0.05) is 75.7 Å². The quantitative estimate of drug-likeness (QED) is 0.359. The van der Waals surface area contributed by atoms with E-state index >= 15 is 0 Å². The third-order valence-corrected chi connectivity index (χ3v) is 6.26. The Kier molecular flexibility index (Phi) is 8.60. The number of ketones is 1. The highest BCUT2D eigenvalue weighted by Crippen LogP contribution is 2.31. The van der Waals surface area contributed by atoms with Gasteiger partial charge < -0.3 is 10.2 Å². The summed E-state index contributed by atoms with van der Waals surface area (Å²) in [5, 5.41) is 8.22. The monoisotopic (exact) mass is 449 g/mol. The van der Waals surface area contributed by atoms with E-state index in [0.717, 1.165) is 60.2 Å². The van der Waals surface area contributed by atoms with Crippen LogP contribution in [0.3, 0.4) is 0 Å². The lowest BCUT2D eigenvalue weighted by Crippen LogP contribution is -2.31. The second-order valence-corrected chi connectivity index (χ2v) is 9.19. The van der Waals surface area contributed by atoms with Gasteiger partial charge in [0.25, 0.3) is 7.28 Å². The van der Waals surface area contributed by atoms with Gasteiger partial charge in [-0.25, -0.2) is 0 Å². The summed E-state index contributed by atoms with van der Waals surface area (Å²) >= 11 is 0. The van der Waals surface area contributed by atoms with Crippen LogP contribution in [0, 0.1) is 17.2 Å². The number of benzene rings is 2. The maximum Gasteiger partial charge on any atom is 0.250 e. The van der Waals surface area contributed by atoms with Crippen molar-refractivity contribution < 1.29 is 9.59 Å². The molecule has 0 amide bonds. The SMILES string of the molecule is [B]C(=O)[B]C(=N)c1ccccc1-c1ccc(CC2=C(CCCC)N=C(C(C)C)C(C)C2=O)cc1. The molecule has 0 fully saturated rings. The Morgan fingerprint density at radius 3 is 2.44 bits per heavy atom. The lowest BCUT2D eigenvalue weighted by Gasteiger charge is -2.26. The molecule has 3 radical (unpaired) electrons. The first-order valence-corrected chi connectivity index (χ1v) is 12.0. The third-order valence-electron chi connectivity index (χ3n) is 6.26. The zero-order valence-corrected chi connectivity index (χ0v) is 20.5. The van der Waals surface area contributed by atoms with Crippen LogP contribution in [-0.4, -0.2) is 37.8 Å². The van der Waals surface area contributed by atoms with E-state index in [9.17, 15) is 9.59 Å². The van der Waals surface area contributed by atoms with E-state index in [1.165, 1.54) is 0 Å². The van der Waals surface area contributed by atoms with Crippen LogP contribution in [0.15, 0.2) is 64.8 Å². The van der Waals surface area contributed by atoms with E-state index in [2.05, 4.69) is 20.8 Å². The Labute approximate surface area is 205 Å². The Balaban J connectivity index is 1.91. The number of carbonyl (C=O) groups excluding carboxylic acids is 2. The van der Waals surface area contributed by atoms with Crippen LogP contribution in [0.5, 0.6) is 0 Å². The van der Waals surface area contributed by atoms with Gasteiger partial charge in [-0.05, 0) is 47.9 Å². The number of aliphatic imine (C=N–C) groups is 1. The van der Waals surface area contributed by atoms with Crippen molar-refractivity contribution in [3.63, 3.8) is 0 Å². The third kappa shape index (κ3) is 5.91. The highest BCUT2D eigenvalue weighted by molar-refractivity contribution is 7.12. The number of rotatable bonds is 10. The number of carbonyl (C=O) groups is 2. The van der Waals surface area contributed by atoms with Crippen LogP contribution in [-0.2, 0) is 11.2 Å². The molecule has 1 atom stereocenters. The number of allylic oxidation sites excluding steroid dienone is 2. The maximum absolute atomic E-state index is 13.3. The van der Waals surface area contributed by atoms with Crippen molar-refractivity contribution in [1.82, 2.24) is 0 Å². The minimum absolute atomic E-state index is 0.0820. The Morgan fingerprint density at radius 2 is 1.82 bits per heavy atom. The predicted octanol–water partition coefficient (Wildman–Crippen LogP) is 5.97. The van der Waals surface area contributed by atoms with Gasteiger partial charge in [-0.15, -0.1) is 0 Å². The summed E-state index contributed by atoms with van der Waals surface area (Å²) in [6, 6.07) is 15.5. The summed E-state index contributed by atoms with van der Waals surface area (Å²) in [6.07, 6.45) is 3.46. The molecule has 1 unspecified atom stereocenters. The molecule has 4 nitrogen and oxygen atoms in total. The Bertz CT molecular complexity index is 1150. The van der Waals surface area contributed by atoms with Crippen LogP contribution < -0.4 is 0 Å². The van der Waals surface area contributed by atoms with Gasteiger partial charge in [-0.3, -0.25) is 9.79 Å². The standard InChI is InChI=1S/C28H31B2N2O2/c1-5-6-11-24-23(26(33)18(4)25(32-24)17(2)3)16-19-12-14-20(15-13-19)21-9-7-8-10-22(21)27(31)30-28(29)34/h7-10,12-15,17-18,31H,5-6,11,16H2,1-4H3. The smallest absolute Gasteiger partial charge is 0.250 e. The lowest BCUT2D eigenvalue weighted by atomic mass is 9.58. The molecule has 1 heterocycles. The molecular formula is C28H31B2N2O2. The number of hydrogen-bond acceptors (Lipinski definition) is 4. The summed E-state index contributed by atoms with van der Waals surface area (Å²) in [6.45, 7) is 8.32. The average Bonchev–Trinajstić information content (AvgIpc) is 2.81. The Hall–Kier alpha value is -3.01. The summed E-state index contributed by atoms with van der Waals surface area (Å²) in [7, 11) is 6.36. The fourth-order valence-electron chi connectivity index (χ4n) is 4.42. The van der Waals surface area contributed by atoms with Gasteiger partial charge in [0.15, 0.2) is 13.6 Å². The molecule has 3 rings (SSSR count). The predicted molar refractivity (Wildman–Crippen MR) is 142 cm³/mol. The topological polar surface area (TPSA) is 70.3 Å². The summed E-state index contributed by atoms with van der Waals surface area (Å²) in [5.74, 6) is 0.260. The largest absolute Gasteiger partial charge is 0.324 e. The zero-order valence-electron chi connectivity index (χ0n) is 20.5. The van der Waals surface area contributed by atoms with Crippen molar-refractivity contribution in [2.24, 2.45) is 16.8 Å². The molecule has 1 aliphatic heterocycles. The Morgan fingerprint density at radius 1 is 1.15 bits per heavy atom. The van der Waals surface area contributed by atoms with E-state index < -0.39 is 5.58 Å². The van der Waals surface area contributed by atoms with Crippen LogP contribution >= 0.6 is 0 Å². The number of hydrogen-bond donors (Lipinski definition) is 1. The van der Waals surface area contributed by atoms with Crippen molar-refractivity contribution in [2.45, 2.75) is 53.4 Å². The normalized spacial score (nSPS) is 16.0. The van der Waals surface area contributed by atoms with Gasteiger partial charge in [0.1, 0.15) is 0 Å². The first-order valence-electron chi connectivity index (χ1n) is 12.0. The van der Waals surface area contributed by atoms with Gasteiger partial charge in [-0.2, -0.15) is 0 Å². The molecule has 34 heavy (non-hydrogen) atoms. The molecule has 2 aromatic carbocycles. The molecule has 1 N–H and O–H groups in total. The van der Waals surface area contributed by atoms with Crippen LogP contribution in [0.2, 0.25) is 0 Å². The van der Waals surface area contributed by atoms with Gasteiger partial charge in [0, 0.05) is 34.6 Å². The molecule has 0 spiro atoms. The minimum Gasteiger partial charge on any atom is -0.324 e. The summed E-state index contributed by atoms with van der Waals surface area (Å²) in [4.78, 5) is 29.5. The van der Waals surface area contributed by atoms with E-state index in [0.29, 0.717) is 12.0 Å². The van der Waals surface area contributed by atoms with E-state index in [-0.39, 0.29) is 23.2 Å². The number of unbranched alkanes of at least 4 members (excludes halogenated alkanes) is 1. The van der Waals surface area contributed by atoms with Gasteiger partial charge in [0.2, 0.25) is 0 Å². The number of nitrogens with zero attached hydrogens (tertiary/aromatic N) is 1. The molecule has 0 bridgehead atoms. The van der Waals surface area contributed by atoms with Crippen molar-refractivity contribution in [2.75, 3.05) is 0 Å². The zero-order chi connectivity index (χ0) is 24.8.